The highest BCUT2D eigenvalue weighted by atomic mass is 16.4. The van der Waals surface area contributed by atoms with E-state index in [1.165, 1.54) is 0 Å². The smallest absolute Gasteiger partial charge is 0.363 e. The van der Waals surface area contributed by atoms with E-state index < -0.39 is 0 Å². The first-order valence-corrected chi connectivity index (χ1v) is 9.32. The van der Waals surface area contributed by atoms with Crippen LogP contribution in [0.2, 0.25) is 0 Å². The molecule has 1 N–H and O–H groups in total. The van der Waals surface area contributed by atoms with Gasteiger partial charge >= 0.3 is 7.62 Å². The van der Waals surface area contributed by atoms with Gasteiger partial charge in [-0.15, -0.1) is 0 Å². The monoisotopic (exact) mass is 392 g/mol. The van der Waals surface area contributed by atoms with E-state index in [4.69, 9.17) is 9.07 Å². The zero-order valence-electron chi connectivity index (χ0n) is 16.1. The molecule has 10 heteroatoms. The Bertz CT molecular complexity index is 960. The molecule has 0 unspecified atom stereocenters. The zero-order chi connectivity index (χ0) is 20.1. The van der Waals surface area contributed by atoms with Gasteiger partial charge in [-0.3, -0.25) is 9.78 Å². The van der Waals surface area contributed by atoms with Crippen molar-refractivity contribution in [1.29, 1.82) is 0 Å². The topological polar surface area (TPSA) is 96.6 Å². The van der Waals surface area contributed by atoms with Crippen molar-refractivity contribution in [2.24, 2.45) is 0 Å². The number of carbonyl (C=O) groups is 1. The van der Waals surface area contributed by atoms with Crippen molar-refractivity contribution >= 4 is 24.9 Å². The Labute approximate surface area is 169 Å². The van der Waals surface area contributed by atoms with Gasteiger partial charge in [0.2, 0.25) is 0 Å². The SMILES string of the molecule is COBN1CCN(c2ccncc2NC(=O)c2ccnc(-c3ccoc3)n2)CC1. The Balaban J connectivity index is 1.49. The van der Waals surface area contributed by atoms with Crippen LogP contribution >= 0.6 is 0 Å². The number of anilines is 2. The zero-order valence-corrected chi connectivity index (χ0v) is 16.1. The van der Waals surface area contributed by atoms with E-state index in [-0.39, 0.29) is 11.6 Å². The van der Waals surface area contributed by atoms with Crippen molar-refractivity contribution in [3.8, 4) is 11.4 Å². The van der Waals surface area contributed by atoms with Gasteiger partial charge in [-0.1, -0.05) is 0 Å². The number of rotatable bonds is 6. The number of pyridine rings is 1. The van der Waals surface area contributed by atoms with Gasteiger partial charge in [-0.2, -0.15) is 0 Å². The highest BCUT2D eigenvalue weighted by molar-refractivity contribution is 6.23. The third-order valence-electron chi connectivity index (χ3n) is 4.74. The molecule has 3 aromatic rings. The molecule has 4 rings (SSSR count). The second kappa shape index (κ2) is 8.85. The molecule has 0 radical (unpaired) electrons. The first-order chi connectivity index (χ1) is 14.2. The molecule has 0 aliphatic carbocycles. The maximum atomic E-state index is 12.8. The van der Waals surface area contributed by atoms with Gasteiger partial charge in [0.05, 0.1) is 29.4 Å². The van der Waals surface area contributed by atoms with Crippen molar-refractivity contribution in [1.82, 2.24) is 19.8 Å². The standard InChI is InChI=1S/C19H21BN6O3/c1-28-20-26-9-7-25(8-10-26)17-3-5-21-12-16(17)24-19(27)15-2-6-22-18(23-15)14-4-11-29-13-14/h2-6,11-13,20H,7-10H2,1H3,(H,24,27). The molecule has 1 fully saturated rings. The number of amides is 1. The molecule has 1 amide bonds. The van der Waals surface area contributed by atoms with Crippen LogP contribution in [0, 0.1) is 0 Å². The molecule has 0 bridgehead atoms. The molecule has 0 atom stereocenters. The van der Waals surface area contributed by atoms with E-state index in [1.807, 2.05) is 6.07 Å². The number of furan rings is 1. The Kier molecular flexibility index (Phi) is 5.82. The number of nitrogens with one attached hydrogen (secondary N) is 1. The summed E-state index contributed by atoms with van der Waals surface area (Å²) in [4.78, 5) is 30.0. The third kappa shape index (κ3) is 4.44. The van der Waals surface area contributed by atoms with E-state index in [0.717, 1.165) is 37.4 Å². The molecular formula is C19H21BN6O3. The quantitative estimate of drug-likeness (QED) is 0.630. The lowest BCUT2D eigenvalue weighted by atomic mass is 10.1. The second-order valence-corrected chi connectivity index (χ2v) is 6.65. The fourth-order valence-electron chi connectivity index (χ4n) is 3.26. The fraction of sp³-hybridized carbons (Fsp3) is 0.263. The van der Waals surface area contributed by atoms with E-state index in [2.05, 4.69) is 30.0 Å². The Morgan fingerprint density at radius 2 is 2.07 bits per heavy atom. The molecule has 0 spiro atoms. The van der Waals surface area contributed by atoms with Crippen LogP contribution in [-0.4, -0.2) is 66.6 Å². The summed E-state index contributed by atoms with van der Waals surface area (Å²) in [5, 5.41) is 2.94. The van der Waals surface area contributed by atoms with E-state index in [0.29, 0.717) is 19.1 Å². The minimum atomic E-state index is -0.315. The maximum absolute atomic E-state index is 12.8. The summed E-state index contributed by atoms with van der Waals surface area (Å²) in [6, 6.07) is 5.25. The molecule has 9 nitrogen and oxygen atoms in total. The Hall–Kier alpha value is -3.24. The van der Waals surface area contributed by atoms with E-state index in [1.54, 1.807) is 50.4 Å². The summed E-state index contributed by atoms with van der Waals surface area (Å²) in [5.41, 5.74) is 2.59. The predicted molar refractivity (Wildman–Crippen MR) is 110 cm³/mol. The van der Waals surface area contributed by atoms with Crippen molar-refractivity contribution in [2.45, 2.75) is 0 Å². The Morgan fingerprint density at radius 3 is 2.83 bits per heavy atom. The van der Waals surface area contributed by atoms with Gasteiger partial charge in [-0.25, -0.2) is 9.97 Å². The lowest BCUT2D eigenvalue weighted by Gasteiger charge is -2.36. The third-order valence-corrected chi connectivity index (χ3v) is 4.74. The number of aromatic nitrogens is 3. The van der Waals surface area contributed by atoms with Crippen LogP contribution in [0.5, 0.6) is 0 Å². The van der Waals surface area contributed by atoms with Crippen LogP contribution in [0.3, 0.4) is 0 Å². The van der Waals surface area contributed by atoms with Crippen LogP contribution in [0.25, 0.3) is 11.4 Å². The van der Waals surface area contributed by atoms with Crippen molar-refractivity contribution < 1.29 is 13.9 Å². The first kappa shape index (κ1) is 19.1. The minimum Gasteiger partial charge on any atom is -0.472 e. The largest absolute Gasteiger partial charge is 0.472 e. The average molecular weight is 392 g/mol. The summed E-state index contributed by atoms with van der Waals surface area (Å²) < 4.78 is 10.3. The summed E-state index contributed by atoms with van der Waals surface area (Å²) in [7, 11) is 2.33. The van der Waals surface area contributed by atoms with Crippen molar-refractivity contribution in [3.05, 3.63) is 55.0 Å². The van der Waals surface area contributed by atoms with Gasteiger partial charge in [0.25, 0.3) is 5.91 Å². The van der Waals surface area contributed by atoms with Gasteiger partial charge in [0, 0.05) is 45.7 Å². The minimum absolute atomic E-state index is 0.274. The molecule has 0 aromatic carbocycles. The van der Waals surface area contributed by atoms with Crippen LogP contribution < -0.4 is 10.2 Å². The van der Waals surface area contributed by atoms with Crippen LogP contribution in [0.15, 0.2) is 53.7 Å². The molecule has 4 heterocycles. The number of hydrogen-bond acceptors (Lipinski definition) is 8. The molecule has 3 aromatic heterocycles. The number of piperazine rings is 1. The summed E-state index contributed by atoms with van der Waals surface area (Å²) in [6.45, 7) is 3.47. The average Bonchev–Trinajstić information content (AvgIpc) is 3.30. The molecular weight excluding hydrogens is 371 g/mol. The maximum Gasteiger partial charge on any atom is 0.363 e. The summed E-state index contributed by atoms with van der Waals surface area (Å²) in [6.07, 6.45) is 8.03. The number of hydrogen-bond donors (Lipinski definition) is 1. The molecule has 1 saturated heterocycles. The van der Waals surface area contributed by atoms with Crippen molar-refractivity contribution in [2.75, 3.05) is 43.5 Å². The van der Waals surface area contributed by atoms with E-state index in [9.17, 15) is 4.79 Å². The molecule has 148 valence electrons. The summed E-state index contributed by atoms with van der Waals surface area (Å²) in [5.74, 6) is 0.122. The normalized spacial score (nSPS) is 14.6. The lowest BCUT2D eigenvalue weighted by Crippen LogP contribution is -2.48. The fourth-order valence-corrected chi connectivity index (χ4v) is 3.26. The lowest BCUT2D eigenvalue weighted by molar-refractivity contribution is 0.102. The second-order valence-electron chi connectivity index (χ2n) is 6.65. The van der Waals surface area contributed by atoms with Crippen LogP contribution in [-0.2, 0) is 4.65 Å². The van der Waals surface area contributed by atoms with Gasteiger partial charge in [-0.05, 0) is 18.2 Å². The highest BCUT2D eigenvalue weighted by Crippen LogP contribution is 2.26. The van der Waals surface area contributed by atoms with Gasteiger partial charge in [0.15, 0.2) is 5.82 Å². The molecule has 1 aliphatic heterocycles. The predicted octanol–water partition coefficient (Wildman–Crippen LogP) is 1.42. The van der Waals surface area contributed by atoms with Gasteiger partial charge < -0.3 is 24.1 Å². The molecule has 1 aliphatic rings. The highest BCUT2D eigenvalue weighted by Gasteiger charge is 2.21. The molecule has 29 heavy (non-hydrogen) atoms. The van der Waals surface area contributed by atoms with Crippen LogP contribution in [0.1, 0.15) is 10.5 Å². The Morgan fingerprint density at radius 1 is 1.21 bits per heavy atom. The number of nitrogens with zero attached hydrogens (tertiary/aromatic N) is 5. The summed E-state index contributed by atoms with van der Waals surface area (Å²) >= 11 is 0. The number of carbonyl (C=O) groups excluding carboxylic acids is 1. The first-order valence-electron chi connectivity index (χ1n) is 9.32. The molecule has 0 saturated carbocycles. The van der Waals surface area contributed by atoms with E-state index >= 15 is 0 Å². The van der Waals surface area contributed by atoms with Crippen molar-refractivity contribution in [3.63, 3.8) is 0 Å². The van der Waals surface area contributed by atoms with Gasteiger partial charge in [0.1, 0.15) is 12.0 Å². The van der Waals surface area contributed by atoms with Crippen LogP contribution in [0.4, 0.5) is 11.4 Å².